The van der Waals surface area contributed by atoms with Crippen molar-refractivity contribution in [1.82, 2.24) is 4.67 Å². The summed E-state index contributed by atoms with van der Waals surface area (Å²) in [6, 6.07) is 11.3. The molecular weight excluding hydrogens is 205 g/mol. The van der Waals surface area contributed by atoms with E-state index in [-0.39, 0.29) is 8.30 Å². The fourth-order valence-electron chi connectivity index (χ4n) is 2.66. The maximum atomic E-state index is 6.11. The molecule has 3 heteroatoms. The van der Waals surface area contributed by atoms with Crippen LogP contribution in [-0.4, -0.2) is 23.9 Å². The van der Waals surface area contributed by atoms with Crippen molar-refractivity contribution in [2.75, 3.05) is 13.2 Å². The van der Waals surface area contributed by atoms with Crippen molar-refractivity contribution < 1.29 is 4.52 Å². The van der Waals surface area contributed by atoms with E-state index in [1.165, 1.54) is 24.9 Å². The van der Waals surface area contributed by atoms with Gasteiger partial charge in [-0.2, -0.15) is 0 Å². The molecule has 2 aliphatic rings. The Kier molecular flexibility index (Phi) is 2.51. The highest BCUT2D eigenvalue weighted by molar-refractivity contribution is 7.49. The molecule has 80 valence electrons. The SMILES string of the molecule is C[P@@]1O[C@@H](c2ccccc2)[C@H]2CCCN21. The Hall–Kier alpha value is -0.430. The fourth-order valence-corrected chi connectivity index (χ4v) is 4.44. The van der Waals surface area contributed by atoms with Gasteiger partial charge in [-0.15, -0.1) is 0 Å². The van der Waals surface area contributed by atoms with E-state index in [9.17, 15) is 0 Å². The minimum Gasteiger partial charge on any atom is -0.334 e. The molecule has 0 aliphatic carbocycles. The Labute approximate surface area is 92.1 Å². The number of rotatable bonds is 1. The van der Waals surface area contributed by atoms with Crippen LogP contribution in [0.25, 0.3) is 0 Å². The van der Waals surface area contributed by atoms with Gasteiger partial charge in [-0.1, -0.05) is 30.3 Å². The van der Waals surface area contributed by atoms with Gasteiger partial charge in [0.15, 0.2) is 0 Å². The van der Waals surface area contributed by atoms with Gasteiger partial charge < -0.3 is 4.52 Å². The molecule has 2 nitrogen and oxygen atoms in total. The third-order valence-corrected chi connectivity index (χ3v) is 5.13. The van der Waals surface area contributed by atoms with Gasteiger partial charge in [-0.25, -0.2) is 0 Å². The lowest BCUT2D eigenvalue weighted by molar-refractivity contribution is 0.215. The summed E-state index contributed by atoms with van der Waals surface area (Å²) < 4.78 is 8.67. The van der Waals surface area contributed by atoms with Crippen molar-refractivity contribution in [2.45, 2.75) is 25.0 Å². The van der Waals surface area contributed by atoms with E-state index in [4.69, 9.17) is 4.52 Å². The zero-order valence-electron chi connectivity index (χ0n) is 8.97. The summed E-state index contributed by atoms with van der Waals surface area (Å²) in [5, 5.41) is 0. The second-order valence-electron chi connectivity index (χ2n) is 4.27. The van der Waals surface area contributed by atoms with Crippen LogP contribution in [0.15, 0.2) is 30.3 Å². The van der Waals surface area contributed by atoms with Gasteiger partial charge in [0, 0.05) is 12.6 Å². The van der Waals surface area contributed by atoms with E-state index in [1.807, 2.05) is 0 Å². The highest BCUT2D eigenvalue weighted by Crippen LogP contribution is 2.57. The van der Waals surface area contributed by atoms with Crippen LogP contribution in [0.2, 0.25) is 0 Å². The number of hydrogen-bond acceptors (Lipinski definition) is 2. The quantitative estimate of drug-likeness (QED) is 0.675. The zero-order valence-corrected chi connectivity index (χ0v) is 9.86. The number of hydrogen-bond donors (Lipinski definition) is 0. The topological polar surface area (TPSA) is 12.5 Å². The highest BCUT2D eigenvalue weighted by Gasteiger charge is 2.43. The molecule has 0 spiro atoms. The molecule has 15 heavy (non-hydrogen) atoms. The molecule has 0 unspecified atom stereocenters. The number of fused-ring (bicyclic) bond motifs is 1. The Morgan fingerprint density at radius 2 is 2.13 bits per heavy atom. The summed E-state index contributed by atoms with van der Waals surface area (Å²) in [6.07, 6.45) is 2.96. The van der Waals surface area contributed by atoms with E-state index in [2.05, 4.69) is 41.7 Å². The first-order valence-electron chi connectivity index (χ1n) is 5.58. The molecule has 0 bridgehead atoms. The van der Waals surface area contributed by atoms with Crippen molar-refractivity contribution in [1.29, 1.82) is 0 Å². The Morgan fingerprint density at radius 1 is 1.33 bits per heavy atom. The molecule has 3 atom stereocenters. The standard InChI is InChI=1S/C12H16NOP/c1-15-13-9-5-8-11(13)12(14-15)10-6-3-2-4-7-10/h2-4,6-7,11-12H,5,8-9H2,1H3/t11-,12+,15-/m1/s1. The summed E-state index contributed by atoms with van der Waals surface area (Å²) in [6.45, 7) is 3.47. The maximum absolute atomic E-state index is 6.11. The Bertz CT molecular complexity index is 343. The molecule has 0 saturated carbocycles. The third kappa shape index (κ3) is 1.61. The average molecular weight is 221 g/mol. The van der Waals surface area contributed by atoms with E-state index in [0.717, 1.165) is 0 Å². The lowest BCUT2D eigenvalue weighted by Crippen LogP contribution is -2.22. The van der Waals surface area contributed by atoms with Crippen LogP contribution in [0, 0.1) is 0 Å². The molecule has 0 N–H and O–H groups in total. The van der Waals surface area contributed by atoms with Crippen LogP contribution in [0.3, 0.4) is 0 Å². The lowest BCUT2D eigenvalue weighted by atomic mass is 10.0. The molecule has 1 aromatic carbocycles. The second-order valence-corrected chi connectivity index (χ2v) is 5.93. The van der Waals surface area contributed by atoms with Crippen molar-refractivity contribution >= 4 is 8.30 Å². The molecule has 0 aromatic heterocycles. The minimum absolute atomic E-state index is 0.324. The molecule has 0 amide bonds. The van der Waals surface area contributed by atoms with Gasteiger partial charge in [-0.3, -0.25) is 4.67 Å². The largest absolute Gasteiger partial charge is 0.334 e. The van der Waals surface area contributed by atoms with Gasteiger partial charge in [0.1, 0.15) is 14.4 Å². The van der Waals surface area contributed by atoms with Crippen LogP contribution >= 0.6 is 8.30 Å². The summed E-state index contributed by atoms with van der Waals surface area (Å²) in [4.78, 5) is 0. The summed E-state index contributed by atoms with van der Waals surface area (Å²) in [5.74, 6) is 0. The van der Waals surface area contributed by atoms with Gasteiger partial charge in [0.05, 0.1) is 0 Å². The maximum Gasteiger partial charge on any atom is 0.104 e. The predicted octanol–water partition coefficient (Wildman–Crippen LogP) is 3.16. The lowest BCUT2D eigenvalue weighted by Gasteiger charge is -2.17. The zero-order chi connectivity index (χ0) is 10.3. The first-order valence-corrected chi connectivity index (χ1v) is 7.24. The third-order valence-electron chi connectivity index (χ3n) is 3.38. The number of benzene rings is 1. The van der Waals surface area contributed by atoms with Crippen molar-refractivity contribution in [3.63, 3.8) is 0 Å². The van der Waals surface area contributed by atoms with Crippen LogP contribution in [0.5, 0.6) is 0 Å². The van der Waals surface area contributed by atoms with Gasteiger partial charge >= 0.3 is 0 Å². The average Bonchev–Trinajstić information content (AvgIpc) is 2.84. The van der Waals surface area contributed by atoms with Crippen molar-refractivity contribution in [3.05, 3.63) is 35.9 Å². The van der Waals surface area contributed by atoms with Crippen molar-refractivity contribution in [2.24, 2.45) is 0 Å². The molecule has 2 heterocycles. The van der Waals surface area contributed by atoms with E-state index in [1.54, 1.807) is 0 Å². The summed E-state index contributed by atoms with van der Waals surface area (Å²) >= 11 is 0. The minimum atomic E-state index is -0.335. The first-order chi connectivity index (χ1) is 7.36. The van der Waals surface area contributed by atoms with E-state index < -0.39 is 0 Å². The van der Waals surface area contributed by atoms with Crippen LogP contribution in [-0.2, 0) is 4.52 Å². The predicted molar refractivity (Wildman–Crippen MR) is 62.8 cm³/mol. The summed E-state index contributed by atoms with van der Waals surface area (Å²) in [5.41, 5.74) is 1.35. The monoisotopic (exact) mass is 221 g/mol. The van der Waals surface area contributed by atoms with Crippen LogP contribution in [0.1, 0.15) is 24.5 Å². The highest BCUT2D eigenvalue weighted by atomic mass is 31.2. The normalized spacial score (nSPS) is 35.7. The van der Waals surface area contributed by atoms with Gasteiger partial charge in [-0.05, 0) is 25.1 Å². The Balaban J connectivity index is 1.88. The molecule has 0 radical (unpaired) electrons. The summed E-state index contributed by atoms with van der Waals surface area (Å²) in [7, 11) is -0.335. The van der Waals surface area contributed by atoms with Crippen LogP contribution in [0.4, 0.5) is 0 Å². The molecular formula is C12H16NOP. The van der Waals surface area contributed by atoms with Gasteiger partial charge in [0.25, 0.3) is 0 Å². The Morgan fingerprint density at radius 3 is 2.93 bits per heavy atom. The molecule has 3 rings (SSSR count). The first kappa shape index (κ1) is 9.77. The van der Waals surface area contributed by atoms with E-state index >= 15 is 0 Å². The van der Waals surface area contributed by atoms with E-state index in [0.29, 0.717) is 12.1 Å². The second kappa shape index (κ2) is 3.86. The smallest absolute Gasteiger partial charge is 0.104 e. The number of nitrogens with zero attached hydrogens (tertiary/aromatic N) is 1. The molecule has 2 aliphatic heterocycles. The van der Waals surface area contributed by atoms with Crippen LogP contribution < -0.4 is 0 Å². The van der Waals surface area contributed by atoms with Gasteiger partial charge in [0.2, 0.25) is 0 Å². The molecule has 2 saturated heterocycles. The molecule has 1 aromatic rings. The molecule has 2 fully saturated rings. The fraction of sp³-hybridized carbons (Fsp3) is 0.500. The van der Waals surface area contributed by atoms with Crippen molar-refractivity contribution in [3.8, 4) is 0 Å².